The highest BCUT2D eigenvalue weighted by atomic mass is 16.5. The van der Waals surface area contributed by atoms with Crippen LogP contribution in [0.5, 0.6) is 11.5 Å². The first-order valence-corrected chi connectivity index (χ1v) is 9.69. The highest BCUT2D eigenvalue weighted by Crippen LogP contribution is 2.29. The summed E-state index contributed by atoms with van der Waals surface area (Å²) in [5.41, 5.74) is 2.24. The van der Waals surface area contributed by atoms with Gasteiger partial charge in [-0.15, -0.1) is 0 Å². The van der Waals surface area contributed by atoms with Crippen molar-refractivity contribution in [3.05, 3.63) is 54.1 Å². The van der Waals surface area contributed by atoms with Crippen molar-refractivity contribution >= 4 is 11.6 Å². The lowest BCUT2D eigenvalue weighted by molar-refractivity contribution is -0.132. The van der Waals surface area contributed by atoms with Gasteiger partial charge < -0.3 is 19.7 Å². The first kappa shape index (κ1) is 20.0. The molecule has 28 heavy (non-hydrogen) atoms. The molecule has 2 aromatic rings. The lowest BCUT2D eigenvalue weighted by atomic mass is 10.2. The summed E-state index contributed by atoms with van der Waals surface area (Å²) >= 11 is 0. The SMILES string of the molecule is COc1ccc(NCCC(=O)N2CCN(Cc3ccccc3)CC2)cc1OC. The number of hydrogen-bond acceptors (Lipinski definition) is 5. The minimum absolute atomic E-state index is 0.201. The van der Waals surface area contributed by atoms with E-state index in [2.05, 4.69) is 34.5 Å². The summed E-state index contributed by atoms with van der Waals surface area (Å²) in [5, 5.41) is 3.29. The van der Waals surface area contributed by atoms with Crippen LogP contribution in [0.1, 0.15) is 12.0 Å². The predicted octanol–water partition coefficient (Wildman–Crippen LogP) is 2.85. The van der Waals surface area contributed by atoms with E-state index in [1.54, 1.807) is 14.2 Å². The summed E-state index contributed by atoms with van der Waals surface area (Å²) in [6.45, 7) is 4.97. The van der Waals surface area contributed by atoms with Crippen LogP contribution >= 0.6 is 0 Å². The van der Waals surface area contributed by atoms with Crippen molar-refractivity contribution in [3.8, 4) is 11.5 Å². The zero-order valence-corrected chi connectivity index (χ0v) is 16.7. The van der Waals surface area contributed by atoms with Gasteiger partial charge in [0.1, 0.15) is 0 Å². The van der Waals surface area contributed by atoms with Gasteiger partial charge in [0.15, 0.2) is 11.5 Å². The Hall–Kier alpha value is -2.73. The molecule has 1 heterocycles. The topological polar surface area (TPSA) is 54.0 Å². The van der Waals surface area contributed by atoms with Gasteiger partial charge in [0.05, 0.1) is 14.2 Å². The number of ether oxygens (including phenoxy) is 2. The fourth-order valence-electron chi connectivity index (χ4n) is 3.42. The van der Waals surface area contributed by atoms with Crippen LogP contribution in [0.25, 0.3) is 0 Å². The van der Waals surface area contributed by atoms with Gasteiger partial charge in [-0.1, -0.05) is 30.3 Å². The largest absolute Gasteiger partial charge is 0.493 e. The van der Waals surface area contributed by atoms with Crippen LogP contribution in [0.2, 0.25) is 0 Å². The van der Waals surface area contributed by atoms with Crippen LogP contribution in [0.15, 0.2) is 48.5 Å². The molecule has 0 radical (unpaired) electrons. The second-order valence-corrected chi connectivity index (χ2v) is 6.89. The molecule has 0 unspecified atom stereocenters. The zero-order chi connectivity index (χ0) is 19.8. The summed E-state index contributed by atoms with van der Waals surface area (Å²) in [4.78, 5) is 16.9. The number of methoxy groups -OCH3 is 2. The first-order chi connectivity index (χ1) is 13.7. The molecule has 3 rings (SSSR count). The maximum absolute atomic E-state index is 12.5. The van der Waals surface area contributed by atoms with Crippen LogP contribution in [-0.2, 0) is 11.3 Å². The van der Waals surface area contributed by atoms with Gasteiger partial charge in [-0.3, -0.25) is 9.69 Å². The van der Waals surface area contributed by atoms with E-state index < -0.39 is 0 Å². The van der Waals surface area contributed by atoms with E-state index in [4.69, 9.17) is 9.47 Å². The van der Waals surface area contributed by atoms with Gasteiger partial charge in [-0.2, -0.15) is 0 Å². The van der Waals surface area contributed by atoms with Crippen LogP contribution in [0.3, 0.4) is 0 Å². The minimum Gasteiger partial charge on any atom is -0.493 e. The second-order valence-electron chi connectivity index (χ2n) is 6.89. The molecule has 0 aromatic heterocycles. The molecule has 6 heteroatoms. The number of piperazine rings is 1. The molecular weight excluding hydrogens is 354 g/mol. The molecule has 1 aliphatic rings. The average Bonchev–Trinajstić information content (AvgIpc) is 2.74. The number of hydrogen-bond donors (Lipinski definition) is 1. The summed E-state index contributed by atoms with van der Waals surface area (Å²) in [5.74, 6) is 1.57. The van der Waals surface area contributed by atoms with Crippen molar-refractivity contribution in [2.75, 3.05) is 52.3 Å². The number of nitrogens with one attached hydrogen (secondary N) is 1. The first-order valence-electron chi connectivity index (χ1n) is 9.69. The molecule has 1 aliphatic heterocycles. The zero-order valence-electron chi connectivity index (χ0n) is 16.7. The van der Waals surface area contributed by atoms with Gasteiger partial charge in [0, 0.05) is 57.4 Å². The van der Waals surface area contributed by atoms with E-state index in [9.17, 15) is 4.79 Å². The van der Waals surface area contributed by atoms with Crippen molar-refractivity contribution in [2.45, 2.75) is 13.0 Å². The number of nitrogens with zero attached hydrogens (tertiary/aromatic N) is 2. The molecule has 0 bridgehead atoms. The smallest absolute Gasteiger partial charge is 0.224 e. The Morgan fingerprint density at radius 2 is 1.68 bits per heavy atom. The highest BCUT2D eigenvalue weighted by Gasteiger charge is 2.20. The van der Waals surface area contributed by atoms with Crippen molar-refractivity contribution in [1.29, 1.82) is 0 Å². The van der Waals surface area contributed by atoms with E-state index in [-0.39, 0.29) is 5.91 Å². The third-order valence-corrected chi connectivity index (χ3v) is 5.03. The standard InChI is InChI=1S/C22H29N3O3/c1-27-20-9-8-19(16-21(20)28-2)23-11-10-22(26)25-14-12-24(13-15-25)17-18-6-4-3-5-7-18/h3-9,16,23H,10-15,17H2,1-2H3. The molecule has 150 valence electrons. The monoisotopic (exact) mass is 383 g/mol. The minimum atomic E-state index is 0.201. The lowest BCUT2D eigenvalue weighted by Crippen LogP contribution is -2.48. The van der Waals surface area contributed by atoms with E-state index in [0.29, 0.717) is 24.5 Å². The maximum Gasteiger partial charge on any atom is 0.224 e. The maximum atomic E-state index is 12.5. The van der Waals surface area contributed by atoms with Crippen LogP contribution in [0, 0.1) is 0 Å². The van der Waals surface area contributed by atoms with Gasteiger partial charge in [0.2, 0.25) is 5.91 Å². The quantitative estimate of drug-likeness (QED) is 0.760. The summed E-state index contributed by atoms with van der Waals surface area (Å²) in [6.07, 6.45) is 0.479. The lowest BCUT2D eigenvalue weighted by Gasteiger charge is -2.34. The Kier molecular flexibility index (Phi) is 7.14. The molecule has 0 saturated carbocycles. The van der Waals surface area contributed by atoms with Crippen LogP contribution in [-0.4, -0.2) is 62.7 Å². The Balaban J connectivity index is 1.40. The molecule has 1 saturated heterocycles. The fraction of sp³-hybridized carbons (Fsp3) is 0.409. The Morgan fingerprint density at radius 1 is 0.964 bits per heavy atom. The molecular formula is C22H29N3O3. The number of rotatable bonds is 8. The predicted molar refractivity (Wildman–Crippen MR) is 111 cm³/mol. The molecule has 1 fully saturated rings. The number of amides is 1. The van der Waals surface area contributed by atoms with E-state index in [0.717, 1.165) is 38.4 Å². The second kappa shape index (κ2) is 9.99. The number of carbonyl (C=O) groups excluding carboxylic acids is 1. The number of carbonyl (C=O) groups is 1. The van der Waals surface area contributed by atoms with Gasteiger partial charge in [-0.05, 0) is 17.7 Å². The molecule has 6 nitrogen and oxygen atoms in total. The molecule has 1 amide bonds. The van der Waals surface area contributed by atoms with E-state index in [1.165, 1.54) is 5.56 Å². The molecule has 0 spiro atoms. The van der Waals surface area contributed by atoms with Gasteiger partial charge >= 0.3 is 0 Å². The highest BCUT2D eigenvalue weighted by molar-refractivity contribution is 5.77. The van der Waals surface area contributed by atoms with Crippen molar-refractivity contribution in [3.63, 3.8) is 0 Å². The Bertz CT molecular complexity index is 759. The van der Waals surface area contributed by atoms with Crippen LogP contribution < -0.4 is 14.8 Å². The number of anilines is 1. The molecule has 0 atom stereocenters. The Morgan fingerprint density at radius 3 is 2.36 bits per heavy atom. The van der Waals surface area contributed by atoms with Crippen molar-refractivity contribution in [1.82, 2.24) is 9.80 Å². The van der Waals surface area contributed by atoms with Crippen LogP contribution in [0.4, 0.5) is 5.69 Å². The van der Waals surface area contributed by atoms with E-state index >= 15 is 0 Å². The Labute approximate surface area is 167 Å². The third kappa shape index (κ3) is 5.39. The number of benzene rings is 2. The summed E-state index contributed by atoms with van der Waals surface area (Å²) < 4.78 is 10.5. The summed E-state index contributed by atoms with van der Waals surface area (Å²) in [6, 6.07) is 16.1. The van der Waals surface area contributed by atoms with E-state index in [1.807, 2.05) is 29.2 Å². The third-order valence-electron chi connectivity index (χ3n) is 5.03. The molecule has 1 N–H and O–H groups in total. The van der Waals surface area contributed by atoms with Gasteiger partial charge in [0.25, 0.3) is 0 Å². The normalized spacial score (nSPS) is 14.6. The van der Waals surface area contributed by atoms with Crippen molar-refractivity contribution < 1.29 is 14.3 Å². The average molecular weight is 383 g/mol. The van der Waals surface area contributed by atoms with Crippen molar-refractivity contribution in [2.24, 2.45) is 0 Å². The van der Waals surface area contributed by atoms with Gasteiger partial charge in [-0.25, -0.2) is 0 Å². The molecule has 0 aliphatic carbocycles. The summed E-state index contributed by atoms with van der Waals surface area (Å²) in [7, 11) is 3.23. The molecule has 2 aromatic carbocycles. The fourth-order valence-corrected chi connectivity index (χ4v) is 3.42.